The number of allylic oxidation sites excluding steroid dienone is 3. The summed E-state index contributed by atoms with van der Waals surface area (Å²) in [7, 11) is -4.25. The maximum atomic E-state index is 13.4. The molecule has 3 aromatic rings. The molecule has 2 N–H and O–H groups in total. The Morgan fingerprint density at radius 1 is 1.24 bits per heavy atom. The Balaban J connectivity index is 1.66. The Hall–Kier alpha value is -3.91. The van der Waals surface area contributed by atoms with Gasteiger partial charge in [-0.2, -0.15) is 17.9 Å². The first-order chi connectivity index (χ1) is 17.3. The number of hydrogen-bond donors (Lipinski definition) is 2. The molecule has 0 radical (unpaired) electrons. The number of aliphatic imine (C=N–C) groups is 1. The van der Waals surface area contributed by atoms with Gasteiger partial charge in [-0.1, -0.05) is 6.08 Å². The van der Waals surface area contributed by atoms with Crippen molar-refractivity contribution >= 4 is 39.2 Å². The molecule has 0 aliphatic heterocycles. The normalized spacial score (nSPS) is 14.0. The molecular weight excluding hydrogens is 518 g/mol. The summed E-state index contributed by atoms with van der Waals surface area (Å²) >= 11 is 0. The van der Waals surface area contributed by atoms with E-state index < -0.39 is 44.9 Å². The van der Waals surface area contributed by atoms with Gasteiger partial charge >= 0.3 is 6.18 Å². The highest BCUT2D eigenvalue weighted by atomic mass is 32.2. The van der Waals surface area contributed by atoms with E-state index in [1.54, 1.807) is 13.0 Å². The Labute approximate surface area is 209 Å². The smallest absolute Gasteiger partial charge is 0.443 e. The summed E-state index contributed by atoms with van der Waals surface area (Å²) < 4.78 is 84.1. The van der Waals surface area contributed by atoms with Crippen molar-refractivity contribution in [3.05, 3.63) is 71.7 Å². The van der Waals surface area contributed by atoms with Gasteiger partial charge in [0, 0.05) is 29.4 Å². The minimum Gasteiger partial charge on any atom is -0.443 e. The summed E-state index contributed by atoms with van der Waals surface area (Å²) in [5.41, 5.74) is 1.08. The van der Waals surface area contributed by atoms with Gasteiger partial charge < -0.3 is 9.73 Å². The number of aromatic nitrogens is 2. The predicted molar refractivity (Wildman–Crippen MR) is 127 cm³/mol. The van der Waals surface area contributed by atoms with Crippen molar-refractivity contribution in [2.24, 2.45) is 4.99 Å². The van der Waals surface area contributed by atoms with Gasteiger partial charge in [0.15, 0.2) is 0 Å². The van der Waals surface area contributed by atoms with E-state index in [-0.39, 0.29) is 28.8 Å². The molecule has 0 aliphatic rings. The van der Waals surface area contributed by atoms with E-state index >= 15 is 0 Å². The Morgan fingerprint density at radius 3 is 2.51 bits per heavy atom. The summed E-state index contributed by atoms with van der Waals surface area (Å²) in [6.07, 6.45) is 0.369. The lowest BCUT2D eigenvalue weighted by atomic mass is 10.1. The number of nitrogens with zero attached hydrogens (tertiary/aromatic N) is 3. The molecule has 37 heavy (non-hydrogen) atoms. The van der Waals surface area contributed by atoms with Gasteiger partial charge in [-0.3, -0.25) is 9.79 Å². The fourth-order valence-corrected chi connectivity index (χ4v) is 4.26. The molecule has 1 amide bonds. The second-order valence-electron chi connectivity index (χ2n) is 7.64. The van der Waals surface area contributed by atoms with Crippen LogP contribution in [0.25, 0.3) is 16.5 Å². The maximum absolute atomic E-state index is 13.4. The zero-order valence-electron chi connectivity index (χ0n) is 19.5. The number of nitrogens with one attached hydrogen (secondary N) is 2. The molecule has 0 saturated carbocycles. The number of benzene rings is 1. The van der Waals surface area contributed by atoms with E-state index in [1.165, 1.54) is 19.1 Å². The molecule has 0 saturated heterocycles. The Bertz CT molecular complexity index is 1480. The highest BCUT2D eigenvalue weighted by Crippen LogP contribution is 2.27. The molecule has 2 aromatic heterocycles. The molecule has 1 atom stereocenters. The van der Waals surface area contributed by atoms with E-state index in [2.05, 4.69) is 31.7 Å². The van der Waals surface area contributed by atoms with Crippen molar-refractivity contribution < 1.29 is 35.2 Å². The molecule has 3 rings (SSSR count). The number of sulfonamides is 1. The fourth-order valence-electron chi connectivity index (χ4n) is 3.09. The third kappa shape index (κ3) is 6.86. The summed E-state index contributed by atoms with van der Waals surface area (Å²) in [5, 5.41) is 2.25. The van der Waals surface area contributed by atoms with Crippen LogP contribution in [-0.4, -0.2) is 43.6 Å². The summed E-state index contributed by atoms with van der Waals surface area (Å²) in [6.45, 7) is 6.17. The largest absolute Gasteiger partial charge is 0.451 e. The second-order valence-corrected chi connectivity index (χ2v) is 9.28. The van der Waals surface area contributed by atoms with Crippen LogP contribution in [0.2, 0.25) is 0 Å². The van der Waals surface area contributed by atoms with E-state index in [0.717, 1.165) is 30.6 Å². The number of halogens is 4. The number of carbonyl (C=O) groups excluding carboxylic acids is 1. The molecule has 0 spiro atoms. The van der Waals surface area contributed by atoms with Crippen molar-refractivity contribution in [1.82, 2.24) is 20.0 Å². The molecular formula is C23H21F4N5O4S. The topological polar surface area (TPSA) is 127 Å². The lowest BCUT2D eigenvalue weighted by Crippen LogP contribution is -2.45. The third-order valence-electron chi connectivity index (χ3n) is 4.96. The average molecular weight is 540 g/mol. The maximum Gasteiger partial charge on any atom is 0.451 e. The lowest BCUT2D eigenvalue weighted by molar-refractivity contribution is -0.145. The standard InChI is InChI=1S/C23H21F4N5O4S/c1-4-14(16-10-30-22(31-11-16)23(25,26)27)8-18(28-3)12-29-21(33)13(2)32-37(34,35)20-9-15-7-17(24)5-6-19(15)36-20/h4-11,13,32H,3,12H2,1-2H3,(H,29,33)/b14-4+,18-8-/t13-/m0/s1. The van der Waals surface area contributed by atoms with Crippen molar-refractivity contribution in [3.63, 3.8) is 0 Å². The summed E-state index contributed by atoms with van der Waals surface area (Å²) in [4.78, 5) is 22.9. The summed E-state index contributed by atoms with van der Waals surface area (Å²) in [6, 6.07) is 3.42. The first-order valence-electron chi connectivity index (χ1n) is 10.6. The van der Waals surface area contributed by atoms with Gasteiger partial charge in [0.25, 0.3) is 10.0 Å². The quantitative estimate of drug-likeness (QED) is 0.242. The van der Waals surface area contributed by atoms with Crippen molar-refractivity contribution in [3.8, 4) is 0 Å². The number of hydrogen-bond acceptors (Lipinski definition) is 7. The molecule has 14 heteroatoms. The van der Waals surface area contributed by atoms with E-state index in [1.807, 2.05) is 0 Å². The van der Waals surface area contributed by atoms with Crippen molar-refractivity contribution in [1.29, 1.82) is 0 Å². The molecule has 0 fully saturated rings. The Morgan fingerprint density at radius 2 is 1.92 bits per heavy atom. The first-order valence-corrected chi connectivity index (χ1v) is 12.0. The highest BCUT2D eigenvalue weighted by molar-refractivity contribution is 7.89. The zero-order chi connectivity index (χ0) is 27.4. The van der Waals surface area contributed by atoms with Crippen LogP contribution in [0.15, 0.2) is 69.0 Å². The third-order valence-corrected chi connectivity index (χ3v) is 6.36. The molecule has 9 nitrogen and oxygen atoms in total. The number of carbonyl (C=O) groups is 1. The molecule has 0 bridgehead atoms. The average Bonchev–Trinajstić information content (AvgIpc) is 3.27. The van der Waals surface area contributed by atoms with Gasteiger partial charge in [0.05, 0.1) is 18.3 Å². The van der Waals surface area contributed by atoms with Crippen LogP contribution < -0.4 is 10.0 Å². The minimum atomic E-state index is -4.68. The number of furan rings is 1. The first kappa shape index (κ1) is 27.7. The number of fused-ring (bicyclic) bond motifs is 1. The fraction of sp³-hybridized carbons (Fsp3) is 0.217. The molecule has 0 aliphatic carbocycles. The van der Waals surface area contributed by atoms with E-state index in [0.29, 0.717) is 5.57 Å². The SMILES string of the molecule is C=N/C(=C\C(=C/C)c1cnc(C(F)(F)F)nc1)CNC(=O)[C@H](C)NS(=O)(=O)c1cc2cc(F)ccc2o1. The molecule has 0 unspecified atom stereocenters. The number of amides is 1. The van der Waals surface area contributed by atoms with E-state index in [4.69, 9.17) is 4.42 Å². The Kier molecular flexibility index (Phi) is 8.23. The molecule has 1 aromatic carbocycles. The number of alkyl halides is 3. The highest BCUT2D eigenvalue weighted by Gasteiger charge is 2.34. The van der Waals surface area contributed by atoms with Crippen LogP contribution in [0.3, 0.4) is 0 Å². The van der Waals surface area contributed by atoms with E-state index in [9.17, 15) is 30.8 Å². The monoisotopic (exact) mass is 539 g/mol. The predicted octanol–water partition coefficient (Wildman–Crippen LogP) is 3.85. The van der Waals surface area contributed by atoms with Crippen LogP contribution >= 0.6 is 0 Å². The molecule has 2 heterocycles. The van der Waals surface area contributed by atoms with Gasteiger partial charge in [-0.15, -0.1) is 0 Å². The summed E-state index contributed by atoms with van der Waals surface area (Å²) in [5.74, 6) is -2.55. The van der Waals surface area contributed by atoms with Crippen LogP contribution in [-0.2, 0) is 21.0 Å². The zero-order valence-corrected chi connectivity index (χ0v) is 20.3. The van der Waals surface area contributed by atoms with Gasteiger partial charge in [-0.25, -0.2) is 22.8 Å². The van der Waals surface area contributed by atoms with Gasteiger partial charge in [-0.05, 0) is 50.4 Å². The lowest BCUT2D eigenvalue weighted by Gasteiger charge is -2.14. The van der Waals surface area contributed by atoms with Crippen LogP contribution in [0, 0.1) is 5.82 Å². The van der Waals surface area contributed by atoms with Crippen LogP contribution in [0.4, 0.5) is 17.6 Å². The van der Waals surface area contributed by atoms with Crippen LogP contribution in [0.1, 0.15) is 25.2 Å². The van der Waals surface area contributed by atoms with Crippen LogP contribution in [0.5, 0.6) is 0 Å². The second kappa shape index (κ2) is 11.0. The minimum absolute atomic E-state index is 0.156. The number of rotatable bonds is 9. The van der Waals surface area contributed by atoms with Gasteiger partial charge in [0.2, 0.25) is 16.8 Å². The molecule has 196 valence electrons. The van der Waals surface area contributed by atoms with Crippen molar-refractivity contribution in [2.45, 2.75) is 31.2 Å². The van der Waals surface area contributed by atoms with Crippen molar-refractivity contribution in [2.75, 3.05) is 6.54 Å². The van der Waals surface area contributed by atoms with Gasteiger partial charge in [0.1, 0.15) is 11.4 Å².